The summed E-state index contributed by atoms with van der Waals surface area (Å²) >= 11 is 0. The van der Waals surface area contributed by atoms with E-state index in [4.69, 9.17) is 9.47 Å². The van der Waals surface area contributed by atoms with Crippen molar-refractivity contribution in [3.8, 4) is 5.75 Å². The first-order valence-corrected chi connectivity index (χ1v) is 5.10. The molecule has 0 atom stereocenters. The van der Waals surface area contributed by atoms with Crippen LogP contribution in [0.3, 0.4) is 0 Å². The minimum atomic E-state index is -0.290. The van der Waals surface area contributed by atoms with Crippen LogP contribution in [0.25, 0.3) is 0 Å². The van der Waals surface area contributed by atoms with E-state index in [0.29, 0.717) is 24.5 Å². The lowest BCUT2D eigenvalue weighted by atomic mass is 10.2. The summed E-state index contributed by atoms with van der Waals surface area (Å²) < 4.78 is 24.0. The Bertz CT molecular complexity index is 310. The molecular formula is C12H17FO2. The fourth-order valence-corrected chi connectivity index (χ4v) is 1.17. The number of hydrogen-bond donors (Lipinski definition) is 0. The number of halogens is 1. The van der Waals surface area contributed by atoms with Gasteiger partial charge in [-0.1, -0.05) is 12.1 Å². The Labute approximate surface area is 90.0 Å². The normalized spacial score (nSPS) is 10.7. The summed E-state index contributed by atoms with van der Waals surface area (Å²) in [6.07, 6.45) is 0.177. The second-order valence-electron chi connectivity index (χ2n) is 3.66. The van der Waals surface area contributed by atoms with Crippen LogP contribution in [-0.2, 0) is 4.74 Å². The SMILES string of the molecule is Cc1cccc(OCCOC(C)C)c1F. The molecule has 1 aromatic rings. The number of hydrogen-bond acceptors (Lipinski definition) is 2. The zero-order chi connectivity index (χ0) is 11.3. The van der Waals surface area contributed by atoms with Crippen LogP contribution in [0.1, 0.15) is 19.4 Å². The molecule has 0 amide bonds. The molecule has 0 aliphatic rings. The highest BCUT2D eigenvalue weighted by atomic mass is 19.1. The van der Waals surface area contributed by atoms with Gasteiger partial charge in [0.05, 0.1) is 12.7 Å². The highest BCUT2D eigenvalue weighted by Gasteiger charge is 2.05. The first-order chi connectivity index (χ1) is 7.11. The molecule has 0 saturated heterocycles. The Hall–Kier alpha value is -1.09. The van der Waals surface area contributed by atoms with Crippen LogP contribution >= 0.6 is 0 Å². The zero-order valence-electron chi connectivity index (χ0n) is 9.42. The maximum atomic E-state index is 13.4. The smallest absolute Gasteiger partial charge is 0.167 e. The summed E-state index contributed by atoms with van der Waals surface area (Å²) in [6.45, 7) is 6.47. The molecule has 0 spiro atoms. The predicted molar refractivity (Wildman–Crippen MR) is 57.7 cm³/mol. The Balaban J connectivity index is 2.41. The number of benzene rings is 1. The summed E-state index contributed by atoms with van der Waals surface area (Å²) in [6, 6.07) is 5.11. The van der Waals surface area contributed by atoms with Crippen molar-refractivity contribution in [3.05, 3.63) is 29.6 Å². The van der Waals surface area contributed by atoms with Crippen LogP contribution in [0.5, 0.6) is 5.75 Å². The van der Waals surface area contributed by atoms with Crippen LogP contribution in [-0.4, -0.2) is 19.3 Å². The molecule has 0 bridgehead atoms. The van der Waals surface area contributed by atoms with Crippen molar-refractivity contribution < 1.29 is 13.9 Å². The summed E-state index contributed by atoms with van der Waals surface area (Å²) in [4.78, 5) is 0. The van der Waals surface area contributed by atoms with Crippen molar-refractivity contribution in [2.45, 2.75) is 26.9 Å². The molecule has 1 rings (SSSR count). The van der Waals surface area contributed by atoms with E-state index < -0.39 is 0 Å². The molecule has 15 heavy (non-hydrogen) atoms. The Morgan fingerprint density at radius 1 is 1.27 bits per heavy atom. The van der Waals surface area contributed by atoms with Crippen LogP contribution < -0.4 is 4.74 Å². The van der Waals surface area contributed by atoms with Crippen LogP contribution in [0.4, 0.5) is 4.39 Å². The molecule has 0 aromatic heterocycles. The summed E-state index contributed by atoms with van der Waals surface area (Å²) in [5.74, 6) is 0.00408. The van der Waals surface area contributed by atoms with E-state index in [9.17, 15) is 4.39 Å². The maximum absolute atomic E-state index is 13.4. The highest BCUT2D eigenvalue weighted by Crippen LogP contribution is 2.19. The molecule has 3 heteroatoms. The van der Waals surface area contributed by atoms with Gasteiger partial charge in [0.15, 0.2) is 11.6 Å². The van der Waals surface area contributed by atoms with Gasteiger partial charge in [-0.15, -0.1) is 0 Å². The zero-order valence-corrected chi connectivity index (χ0v) is 9.42. The average molecular weight is 212 g/mol. The summed E-state index contributed by atoms with van der Waals surface area (Å²) in [5.41, 5.74) is 0.595. The minimum absolute atomic E-state index is 0.177. The van der Waals surface area contributed by atoms with Gasteiger partial charge in [0, 0.05) is 0 Å². The predicted octanol–water partition coefficient (Wildman–Crippen LogP) is 2.94. The Kier molecular flexibility index (Phi) is 4.56. The molecule has 0 fully saturated rings. The van der Waals surface area contributed by atoms with Crippen molar-refractivity contribution in [1.29, 1.82) is 0 Å². The second kappa shape index (κ2) is 5.71. The maximum Gasteiger partial charge on any atom is 0.167 e. The summed E-state index contributed by atoms with van der Waals surface area (Å²) in [7, 11) is 0. The molecule has 0 heterocycles. The first kappa shape index (κ1) is 12.0. The summed E-state index contributed by atoms with van der Waals surface area (Å²) in [5, 5.41) is 0. The van der Waals surface area contributed by atoms with E-state index in [1.165, 1.54) is 0 Å². The van der Waals surface area contributed by atoms with Crippen LogP contribution in [0.2, 0.25) is 0 Å². The Morgan fingerprint density at radius 3 is 2.67 bits per heavy atom. The van der Waals surface area contributed by atoms with E-state index in [1.54, 1.807) is 25.1 Å². The van der Waals surface area contributed by atoms with Gasteiger partial charge in [-0.2, -0.15) is 0 Å². The second-order valence-corrected chi connectivity index (χ2v) is 3.66. The van der Waals surface area contributed by atoms with Gasteiger partial charge in [-0.05, 0) is 32.4 Å². The topological polar surface area (TPSA) is 18.5 Å². The molecule has 84 valence electrons. The Morgan fingerprint density at radius 2 is 2.00 bits per heavy atom. The third kappa shape index (κ3) is 3.88. The van der Waals surface area contributed by atoms with Gasteiger partial charge < -0.3 is 9.47 Å². The molecule has 1 aromatic carbocycles. The monoisotopic (exact) mass is 212 g/mol. The van der Waals surface area contributed by atoms with Gasteiger partial charge in [-0.3, -0.25) is 0 Å². The molecule has 0 aliphatic carbocycles. The quantitative estimate of drug-likeness (QED) is 0.699. The van der Waals surface area contributed by atoms with Gasteiger partial charge >= 0.3 is 0 Å². The molecule has 0 radical (unpaired) electrons. The van der Waals surface area contributed by atoms with E-state index in [0.717, 1.165) is 0 Å². The lowest BCUT2D eigenvalue weighted by Gasteiger charge is -2.10. The molecule has 0 aliphatic heterocycles. The lowest BCUT2D eigenvalue weighted by molar-refractivity contribution is 0.0544. The van der Waals surface area contributed by atoms with Crippen LogP contribution in [0.15, 0.2) is 18.2 Å². The average Bonchev–Trinajstić information content (AvgIpc) is 2.18. The largest absolute Gasteiger partial charge is 0.488 e. The van der Waals surface area contributed by atoms with E-state index >= 15 is 0 Å². The molecule has 0 unspecified atom stereocenters. The fourth-order valence-electron chi connectivity index (χ4n) is 1.17. The van der Waals surface area contributed by atoms with Crippen molar-refractivity contribution in [2.75, 3.05) is 13.2 Å². The van der Waals surface area contributed by atoms with Gasteiger partial charge in [0.25, 0.3) is 0 Å². The minimum Gasteiger partial charge on any atom is -0.488 e. The number of aryl methyl sites for hydroxylation is 1. The molecule has 0 N–H and O–H groups in total. The van der Waals surface area contributed by atoms with Gasteiger partial charge in [0.1, 0.15) is 6.61 Å². The van der Waals surface area contributed by atoms with Crippen molar-refractivity contribution in [3.63, 3.8) is 0 Å². The molecule has 2 nitrogen and oxygen atoms in total. The third-order valence-corrected chi connectivity index (χ3v) is 1.95. The first-order valence-electron chi connectivity index (χ1n) is 5.10. The van der Waals surface area contributed by atoms with Crippen LogP contribution in [0, 0.1) is 12.7 Å². The van der Waals surface area contributed by atoms with E-state index in [2.05, 4.69) is 0 Å². The van der Waals surface area contributed by atoms with Gasteiger partial charge in [0.2, 0.25) is 0 Å². The van der Waals surface area contributed by atoms with Crippen molar-refractivity contribution in [2.24, 2.45) is 0 Å². The standard InChI is InChI=1S/C12H17FO2/c1-9(2)14-7-8-15-11-6-4-5-10(3)12(11)13/h4-6,9H,7-8H2,1-3H3. The van der Waals surface area contributed by atoms with E-state index in [1.807, 2.05) is 13.8 Å². The molecule has 0 saturated carbocycles. The third-order valence-electron chi connectivity index (χ3n) is 1.95. The number of ether oxygens (including phenoxy) is 2. The van der Waals surface area contributed by atoms with Crippen molar-refractivity contribution in [1.82, 2.24) is 0 Å². The molecular weight excluding hydrogens is 195 g/mol. The van der Waals surface area contributed by atoms with Gasteiger partial charge in [-0.25, -0.2) is 4.39 Å². The number of rotatable bonds is 5. The lowest BCUT2D eigenvalue weighted by Crippen LogP contribution is -2.11. The van der Waals surface area contributed by atoms with E-state index in [-0.39, 0.29) is 11.9 Å². The highest BCUT2D eigenvalue weighted by molar-refractivity contribution is 5.29. The fraction of sp³-hybridized carbons (Fsp3) is 0.500. The van der Waals surface area contributed by atoms with Crippen molar-refractivity contribution >= 4 is 0 Å².